The lowest BCUT2D eigenvalue weighted by atomic mass is 9.94. The zero-order valence-electron chi connectivity index (χ0n) is 10.3. The van der Waals surface area contributed by atoms with Crippen LogP contribution in [0.1, 0.15) is 40.5 Å². The Bertz CT molecular complexity index is 179. The van der Waals surface area contributed by atoms with Crippen LogP contribution in [0.5, 0.6) is 0 Å². The Hall–Kier alpha value is -0.120. The van der Waals surface area contributed by atoms with E-state index in [4.69, 9.17) is 14.6 Å². The van der Waals surface area contributed by atoms with Crippen molar-refractivity contribution in [2.75, 3.05) is 13.2 Å². The average Bonchev–Trinajstić information content (AvgIpc) is 2.45. The molecule has 0 aromatic carbocycles. The predicted molar refractivity (Wildman–Crippen MR) is 59.6 cm³/mol. The van der Waals surface area contributed by atoms with E-state index < -0.39 is 5.79 Å². The first kappa shape index (κ1) is 12.9. The minimum atomic E-state index is -0.449. The molecule has 0 amide bonds. The topological polar surface area (TPSA) is 38.7 Å². The van der Waals surface area contributed by atoms with Gasteiger partial charge in [-0.05, 0) is 11.8 Å². The number of rotatable bonds is 5. The maximum Gasteiger partial charge on any atom is 0.169 e. The molecule has 0 aliphatic carbocycles. The maximum absolute atomic E-state index is 9.06. The molecule has 0 aromatic rings. The Morgan fingerprint density at radius 2 is 1.73 bits per heavy atom. The molecule has 1 saturated heterocycles. The highest BCUT2D eigenvalue weighted by atomic mass is 16.7. The predicted octanol–water partition coefficient (Wildman–Crippen LogP) is 2.18. The molecule has 1 atom stereocenters. The first-order valence-electron chi connectivity index (χ1n) is 5.90. The number of ether oxygens (including phenoxy) is 2. The molecule has 1 heterocycles. The Morgan fingerprint density at radius 3 is 2.07 bits per heavy atom. The van der Waals surface area contributed by atoms with E-state index in [2.05, 4.69) is 27.7 Å². The zero-order valence-corrected chi connectivity index (χ0v) is 10.3. The summed E-state index contributed by atoms with van der Waals surface area (Å²) in [5.41, 5.74) is 0. The van der Waals surface area contributed by atoms with Crippen molar-refractivity contribution in [1.29, 1.82) is 0 Å². The van der Waals surface area contributed by atoms with Gasteiger partial charge in [-0.25, -0.2) is 0 Å². The number of hydrogen-bond donors (Lipinski definition) is 1. The highest BCUT2D eigenvalue weighted by Crippen LogP contribution is 2.35. The molecule has 1 N–H and O–H groups in total. The number of hydrogen-bond acceptors (Lipinski definition) is 3. The second-order valence-electron chi connectivity index (χ2n) is 5.34. The molecule has 0 bridgehead atoms. The Labute approximate surface area is 92.8 Å². The van der Waals surface area contributed by atoms with Crippen LogP contribution in [-0.2, 0) is 9.47 Å². The second-order valence-corrected chi connectivity index (χ2v) is 5.34. The van der Waals surface area contributed by atoms with Crippen molar-refractivity contribution >= 4 is 0 Å². The van der Waals surface area contributed by atoms with Crippen LogP contribution in [-0.4, -0.2) is 30.2 Å². The standard InChI is InChI=1S/C12H24O3/c1-9(2)5-12(6-10(3)4)14-8-11(7-13)15-12/h9-11,13H,5-8H2,1-4H3. The Balaban J connectivity index is 2.61. The summed E-state index contributed by atoms with van der Waals surface area (Å²) in [6, 6.07) is 0. The van der Waals surface area contributed by atoms with Crippen LogP contribution in [0.2, 0.25) is 0 Å². The summed E-state index contributed by atoms with van der Waals surface area (Å²) in [6.07, 6.45) is 1.67. The van der Waals surface area contributed by atoms with Crippen LogP contribution in [0.4, 0.5) is 0 Å². The lowest BCUT2D eigenvalue weighted by Gasteiger charge is -2.31. The van der Waals surface area contributed by atoms with Crippen LogP contribution in [0, 0.1) is 11.8 Å². The molecule has 0 spiro atoms. The van der Waals surface area contributed by atoms with Gasteiger partial charge in [0.15, 0.2) is 5.79 Å². The van der Waals surface area contributed by atoms with Gasteiger partial charge in [-0.1, -0.05) is 27.7 Å². The summed E-state index contributed by atoms with van der Waals surface area (Å²) >= 11 is 0. The lowest BCUT2D eigenvalue weighted by molar-refractivity contribution is -0.191. The highest BCUT2D eigenvalue weighted by Gasteiger charge is 2.41. The molecule has 1 fully saturated rings. The number of aliphatic hydroxyl groups excluding tert-OH is 1. The monoisotopic (exact) mass is 216 g/mol. The van der Waals surface area contributed by atoms with Crippen molar-refractivity contribution in [2.45, 2.75) is 52.4 Å². The molecule has 3 heteroatoms. The molecule has 0 aromatic heterocycles. The van der Waals surface area contributed by atoms with Crippen molar-refractivity contribution in [3.63, 3.8) is 0 Å². The van der Waals surface area contributed by atoms with E-state index in [0.717, 1.165) is 12.8 Å². The Morgan fingerprint density at radius 1 is 1.20 bits per heavy atom. The van der Waals surface area contributed by atoms with Crippen molar-refractivity contribution < 1.29 is 14.6 Å². The highest BCUT2D eigenvalue weighted by molar-refractivity contribution is 4.81. The van der Waals surface area contributed by atoms with Crippen LogP contribution in [0.15, 0.2) is 0 Å². The minimum Gasteiger partial charge on any atom is -0.394 e. The normalized spacial score (nSPS) is 25.4. The van der Waals surface area contributed by atoms with E-state index in [1.807, 2.05) is 0 Å². The van der Waals surface area contributed by atoms with Gasteiger partial charge < -0.3 is 14.6 Å². The van der Waals surface area contributed by atoms with Crippen molar-refractivity contribution in [1.82, 2.24) is 0 Å². The van der Waals surface area contributed by atoms with Crippen molar-refractivity contribution in [3.05, 3.63) is 0 Å². The third-order valence-electron chi connectivity index (χ3n) is 2.56. The van der Waals surface area contributed by atoms with Gasteiger partial charge in [0.1, 0.15) is 6.10 Å². The Kier molecular flexibility index (Phi) is 4.56. The summed E-state index contributed by atoms with van der Waals surface area (Å²) in [5, 5.41) is 9.06. The smallest absolute Gasteiger partial charge is 0.169 e. The van der Waals surface area contributed by atoms with Gasteiger partial charge in [0, 0.05) is 12.8 Å². The van der Waals surface area contributed by atoms with Crippen molar-refractivity contribution in [2.24, 2.45) is 11.8 Å². The van der Waals surface area contributed by atoms with Crippen LogP contribution >= 0.6 is 0 Å². The second kappa shape index (κ2) is 5.28. The molecule has 1 rings (SSSR count). The van der Waals surface area contributed by atoms with Gasteiger partial charge in [0.2, 0.25) is 0 Å². The molecular weight excluding hydrogens is 192 g/mol. The van der Waals surface area contributed by atoms with Gasteiger partial charge in [0.05, 0.1) is 13.2 Å². The molecule has 0 radical (unpaired) electrons. The van der Waals surface area contributed by atoms with Crippen LogP contribution < -0.4 is 0 Å². The third-order valence-corrected chi connectivity index (χ3v) is 2.56. The molecule has 15 heavy (non-hydrogen) atoms. The molecule has 90 valence electrons. The minimum absolute atomic E-state index is 0.0535. The van der Waals surface area contributed by atoms with Crippen LogP contribution in [0.3, 0.4) is 0 Å². The summed E-state index contributed by atoms with van der Waals surface area (Å²) in [6.45, 7) is 9.25. The average molecular weight is 216 g/mol. The van der Waals surface area contributed by atoms with Gasteiger partial charge in [0.25, 0.3) is 0 Å². The van der Waals surface area contributed by atoms with Gasteiger partial charge in [-0.2, -0.15) is 0 Å². The van der Waals surface area contributed by atoms with E-state index in [-0.39, 0.29) is 12.7 Å². The van der Waals surface area contributed by atoms with Gasteiger partial charge in [-0.15, -0.1) is 0 Å². The SMILES string of the molecule is CC(C)CC1(CC(C)C)OCC(CO)O1. The summed E-state index contributed by atoms with van der Waals surface area (Å²) < 4.78 is 11.6. The molecule has 1 unspecified atom stereocenters. The number of aliphatic hydroxyl groups is 1. The first-order valence-corrected chi connectivity index (χ1v) is 5.90. The molecule has 3 nitrogen and oxygen atoms in total. The van der Waals surface area contributed by atoms with E-state index in [1.165, 1.54) is 0 Å². The van der Waals surface area contributed by atoms with Gasteiger partial charge in [-0.3, -0.25) is 0 Å². The molecule has 1 aliphatic rings. The molecular formula is C12H24O3. The van der Waals surface area contributed by atoms with E-state index >= 15 is 0 Å². The lowest BCUT2D eigenvalue weighted by Crippen LogP contribution is -2.34. The molecule has 0 saturated carbocycles. The van der Waals surface area contributed by atoms with Crippen molar-refractivity contribution in [3.8, 4) is 0 Å². The fourth-order valence-electron chi connectivity index (χ4n) is 2.25. The largest absolute Gasteiger partial charge is 0.394 e. The summed E-state index contributed by atoms with van der Waals surface area (Å²) in [4.78, 5) is 0. The van der Waals surface area contributed by atoms with Crippen LogP contribution in [0.25, 0.3) is 0 Å². The molecule has 1 aliphatic heterocycles. The fraction of sp³-hybridized carbons (Fsp3) is 1.00. The van der Waals surface area contributed by atoms with Gasteiger partial charge >= 0.3 is 0 Å². The quantitative estimate of drug-likeness (QED) is 0.765. The summed E-state index contributed by atoms with van der Waals surface area (Å²) in [5.74, 6) is 0.637. The zero-order chi connectivity index (χ0) is 11.5. The maximum atomic E-state index is 9.06. The van der Waals surface area contributed by atoms with E-state index in [1.54, 1.807) is 0 Å². The third kappa shape index (κ3) is 3.74. The van der Waals surface area contributed by atoms with E-state index in [0.29, 0.717) is 18.4 Å². The summed E-state index contributed by atoms with van der Waals surface area (Å²) in [7, 11) is 0. The first-order chi connectivity index (χ1) is 6.97. The fourth-order valence-corrected chi connectivity index (χ4v) is 2.25. The van der Waals surface area contributed by atoms with E-state index in [9.17, 15) is 0 Å².